The van der Waals surface area contributed by atoms with Crippen molar-refractivity contribution >= 4 is 11.0 Å². The highest BCUT2D eigenvalue weighted by atomic mass is 16.3. The second-order valence-electron chi connectivity index (χ2n) is 5.04. The van der Waals surface area contributed by atoms with Gasteiger partial charge in [-0.2, -0.15) is 0 Å². The van der Waals surface area contributed by atoms with Crippen molar-refractivity contribution in [3.8, 4) is 0 Å². The molecule has 3 rings (SSSR count). The van der Waals surface area contributed by atoms with Crippen LogP contribution in [0.4, 0.5) is 0 Å². The smallest absolute Gasteiger partial charge is 0.271 e. The summed E-state index contributed by atoms with van der Waals surface area (Å²) in [6, 6.07) is 7.54. The first-order valence-corrected chi connectivity index (χ1v) is 6.61. The van der Waals surface area contributed by atoms with E-state index in [9.17, 15) is 9.90 Å². The van der Waals surface area contributed by atoms with Gasteiger partial charge in [-0.15, -0.1) is 0 Å². The number of aliphatic hydroxyl groups is 1. The first-order chi connectivity index (χ1) is 9.22. The van der Waals surface area contributed by atoms with E-state index >= 15 is 0 Å². The molecule has 0 bridgehead atoms. The molecule has 0 atom stereocenters. The largest absolute Gasteiger partial charge is 0.393 e. The van der Waals surface area contributed by atoms with E-state index in [0.29, 0.717) is 12.2 Å². The van der Waals surface area contributed by atoms with E-state index in [1.165, 1.54) is 0 Å². The van der Waals surface area contributed by atoms with Crippen molar-refractivity contribution in [1.29, 1.82) is 0 Å². The topological polar surface area (TPSA) is 69.2 Å². The van der Waals surface area contributed by atoms with Gasteiger partial charge in [-0.1, -0.05) is 12.1 Å². The number of para-hydroxylation sites is 2. The number of rotatable bonds is 2. The Hall–Kier alpha value is -1.72. The molecule has 1 fully saturated rings. The lowest BCUT2D eigenvalue weighted by Crippen LogP contribution is -2.37. The third-order valence-electron chi connectivity index (χ3n) is 3.60. The summed E-state index contributed by atoms with van der Waals surface area (Å²) in [4.78, 5) is 21.4. The van der Waals surface area contributed by atoms with Crippen LogP contribution in [0.3, 0.4) is 0 Å². The van der Waals surface area contributed by atoms with Crippen LogP contribution in [-0.2, 0) is 6.54 Å². The van der Waals surface area contributed by atoms with Crippen LogP contribution in [0, 0.1) is 0 Å². The molecule has 2 aromatic rings. The van der Waals surface area contributed by atoms with E-state index < -0.39 is 0 Å². The van der Waals surface area contributed by atoms with Crippen LogP contribution < -0.4 is 5.56 Å². The number of nitrogens with one attached hydrogen (secondary N) is 1. The maximum absolute atomic E-state index is 12.0. The molecule has 5 nitrogen and oxygen atoms in total. The summed E-state index contributed by atoms with van der Waals surface area (Å²) in [5.74, 6) is 0. The Balaban J connectivity index is 1.84. The van der Waals surface area contributed by atoms with Crippen molar-refractivity contribution in [2.24, 2.45) is 0 Å². The highest BCUT2D eigenvalue weighted by Gasteiger charge is 2.18. The van der Waals surface area contributed by atoms with E-state index in [1.54, 1.807) is 0 Å². The number of hydrogen-bond acceptors (Lipinski definition) is 4. The third kappa shape index (κ3) is 2.67. The zero-order valence-corrected chi connectivity index (χ0v) is 10.7. The fourth-order valence-corrected chi connectivity index (χ4v) is 2.46. The van der Waals surface area contributed by atoms with Gasteiger partial charge >= 0.3 is 0 Å². The van der Waals surface area contributed by atoms with Gasteiger partial charge in [0.05, 0.1) is 17.1 Å². The molecular formula is C14H17N3O2. The average Bonchev–Trinajstić information content (AvgIpc) is 2.42. The molecule has 0 spiro atoms. The summed E-state index contributed by atoms with van der Waals surface area (Å²) in [6.45, 7) is 2.18. The minimum Gasteiger partial charge on any atom is -0.393 e. The number of nitrogens with zero attached hydrogens (tertiary/aromatic N) is 2. The standard InChI is InChI=1S/C14H17N3O2/c18-10-5-7-17(8-6-10)9-13-14(19)16-12-4-2-1-3-11(12)15-13/h1-4,10,18H,5-9H2,(H,16,19). The van der Waals surface area contributed by atoms with Gasteiger partial charge in [0.1, 0.15) is 5.69 Å². The molecule has 5 heteroatoms. The predicted molar refractivity (Wildman–Crippen MR) is 72.9 cm³/mol. The van der Waals surface area contributed by atoms with Crippen molar-refractivity contribution in [2.75, 3.05) is 13.1 Å². The van der Waals surface area contributed by atoms with Gasteiger partial charge < -0.3 is 10.1 Å². The summed E-state index contributed by atoms with van der Waals surface area (Å²) in [7, 11) is 0. The van der Waals surface area contributed by atoms with Gasteiger partial charge in [-0.25, -0.2) is 4.98 Å². The third-order valence-corrected chi connectivity index (χ3v) is 3.60. The van der Waals surface area contributed by atoms with Crippen LogP contribution in [-0.4, -0.2) is 39.2 Å². The molecule has 2 N–H and O–H groups in total. The van der Waals surface area contributed by atoms with E-state index in [1.807, 2.05) is 24.3 Å². The predicted octanol–water partition coefficient (Wildman–Crippen LogP) is 0.880. The van der Waals surface area contributed by atoms with Crippen LogP contribution in [0.2, 0.25) is 0 Å². The van der Waals surface area contributed by atoms with Gasteiger partial charge in [-0.3, -0.25) is 9.69 Å². The summed E-state index contributed by atoms with van der Waals surface area (Å²) < 4.78 is 0. The van der Waals surface area contributed by atoms with Crippen LogP contribution >= 0.6 is 0 Å². The van der Waals surface area contributed by atoms with Crippen molar-refractivity contribution < 1.29 is 5.11 Å². The molecule has 100 valence electrons. The Morgan fingerprint density at radius 1 is 1.32 bits per heavy atom. The fourth-order valence-electron chi connectivity index (χ4n) is 2.46. The molecule has 1 saturated heterocycles. The average molecular weight is 259 g/mol. The molecule has 0 amide bonds. The van der Waals surface area contributed by atoms with Crippen LogP contribution in [0.25, 0.3) is 11.0 Å². The van der Waals surface area contributed by atoms with Crippen LogP contribution in [0.1, 0.15) is 18.5 Å². The first kappa shape index (κ1) is 12.3. The second kappa shape index (κ2) is 5.11. The number of piperidine rings is 1. The number of aliphatic hydroxyl groups excluding tert-OH is 1. The number of aromatic nitrogens is 2. The van der Waals surface area contributed by atoms with Gasteiger partial charge in [0.25, 0.3) is 5.56 Å². The summed E-state index contributed by atoms with van der Waals surface area (Å²) >= 11 is 0. The van der Waals surface area contributed by atoms with Gasteiger partial charge in [0.15, 0.2) is 0 Å². The van der Waals surface area contributed by atoms with Crippen molar-refractivity contribution in [3.05, 3.63) is 40.3 Å². The molecule has 0 aliphatic carbocycles. The zero-order chi connectivity index (χ0) is 13.2. The van der Waals surface area contributed by atoms with Gasteiger partial charge in [-0.05, 0) is 25.0 Å². The van der Waals surface area contributed by atoms with Crippen molar-refractivity contribution in [2.45, 2.75) is 25.5 Å². The molecule has 0 unspecified atom stereocenters. The first-order valence-electron chi connectivity index (χ1n) is 6.61. The Kier molecular flexibility index (Phi) is 3.31. The maximum atomic E-state index is 12.0. The highest BCUT2D eigenvalue weighted by Crippen LogP contribution is 2.12. The Labute approximate surface area is 110 Å². The molecule has 1 aliphatic heterocycles. The molecule has 2 heterocycles. The Bertz CT molecular complexity index is 630. The normalized spacial score (nSPS) is 17.9. The SMILES string of the molecule is O=c1[nH]c2ccccc2nc1CN1CCC(O)CC1. The quantitative estimate of drug-likeness (QED) is 0.840. The molecule has 1 aromatic carbocycles. The van der Waals surface area contributed by atoms with E-state index in [4.69, 9.17) is 0 Å². The number of H-pyrrole nitrogens is 1. The summed E-state index contributed by atoms with van der Waals surface area (Å²) in [5.41, 5.74) is 2.01. The van der Waals surface area contributed by atoms with Gasteiger partial charge in [0, 0.05) is 19.6 Å². The summed E-state index contributed by atoms with van der Waals surface area (Å²) in [5, 5.41) is 9.48. The number of likely N-dealkylation sites (tertiary alicyclic amines) is 1. The molecule has 19 heavy (non-hydrogen) atoms. The fraction of sp³-hybridized carbons (Fsp3) is 0.429. The van der Waals surface area contributed by atoms with Crippen molar-refractivity contribution in [1.82, 2.24) is 14.9 Å². The number of fused-ring (bicyclic) bond motifs is 1. The lowest BCUT2D eigenvalue weighted by atomic mass is 10.1. The molecule has 0 saturated carbocycles. The zero-order valence-electron chi connectivity index (χ0n) is 10.7. The number of aromatic amines is 1. The monoisotopic (exact) mass is 259 g/mol. The lowest BCUT2D eigenvalue weighted by Gasteiger charge is -2.28. The van der Waals surface area contributed by atoms with E-state index in [2.05, 4.69) is 14.9 Å². The molecular weight excluding hydrogens is 242 g/mol. The van der Waals surface area contributed by atoms with Crippen molar-refractivity contribution in [3.63, 3.8) is 0 Å². The minimum absolute atomic E-state index is 0.121. The Morgan fingerprint density at radius 2 is 2.05 bits per heavy atom. The van der Waals surface area contributed by atoms with Crippen LogP contribution in [0.15, 0.2) is 29.1 Å². The second-order valence-corrected chi connectivity index (χ2v) is 5.04. The highest BCUT2D eigenvalue weighted by molar-refractivity contribution is 5.73. The molecule has 1 aromatic heterocycles. The molecule has 0 radical (unpaired) electrons. The van der Waals surface area contributed by atoms with E-state index in [0.717, 1.165) is 37.0 Å². The lowest BCUT2D eigenvalue weighted by molar-refractivity contribution is 0.0785. The molecule has 1 aliphatic rings. The number of benzene rings is 1. The Morgan fingerprint density at radius 3 is 2.84 bits per heavy atom. The van der Waals surface area contributed by atoms with Gasteiger partial charge in [0.2, 0.25) is 0 Å². The van der Waals surface area contributed by atoms with E-state index in [-0.39, 0.29) is 11.7 Å². The maximum Gasteiger partial charge on any atom is 0.271 e. The van der Waals surface area contributed by atoms with Crippen LogP contribution in [0.5, 0.6) is 0 Å². The summed E-state index contributed by atoms with van der Waals surface area (Å²) in [6.07, 6.45) is 1.34. The minimum atomic E-state index is -0.195. The number of hydrogen-bond donors (Lipinski definition) is 2.